The SMILES string of the molecule is O=C(Cn1c(=O)n(Cc2ccc(F)cc2)c(=O)c2ncccc21)N1CCN(c2ccccc2)CC1. The van der Waals surface area contributed by atoms with Crippen molar-refractivity contribution in [3.63, 3.8) is 0 Å². The number of hydrogen-bond acceptors (Lipinski definition) is 5. The standard InChI is InChI=1S/C26H24FN5O3/c27-20-10-8-19(9-11-20)17-32-25(34)24-22(7-4-12-28-24)31(26(32)35)18-23(33)30-15-13-29(14-16-30)21-5-2-1-3-6-21/h1-12H,13-18H2. The van der Waals surface area contributed by atoms with Crippen molar-refractivity contribution in [2.24, 2.45) is 0 Å². The number of pyridine rings is 1. The third-order valence-corrected chi connectivity index (χ3v) is 6.29. The van der Waals surface area contributed by atoms with Crippen LogP contribution in [0, 0.1) is 5.82 Å². The maximum absolute atomic E-state index is 13.4. The van der Waals surface area contributed by atoms with Crippen molar-refractivity contribution in [2.45, 2.75) is 13.1 Å². The molecule has 8 nitrogen and oxygen atoms in total. The molecule has 1 saturated heterocycles. The predicted octanol–water partition coefficient (Wildman–Crippen LogP) is 2.09. The second kappa shape index (κ2) is 9.54. The number of anilines is 1. The number of aromatic nitrogens is 3. The summed E-state index contributed by atoms with van der Waals surface area (Å²) in [7, 11) is 0. The van der Waals surface area contributed by atoms with Crippen LogP contribution >= 0.6 is 0 Å². The van der Waals surface area contributed by atoms with E-state index in [1.165, 1.54) is 35.0 Å². The lowest BCUT2D eigenvalue weighted by atomic mass is 10.2. The summed E-state index contributed by atoms with van der Waals surface area (Å²) in [5.74, 6) is -0.603. The Kier molecular flexibility index (Phi) is 6.13. The molecule has 2 aromatic heterocycles. The average Bonchev–Trinajstić information content (AvgIpc) is 2.90. The Hall–Kier alpha value is -4.27. The van der Waals surface area contributed by atoms with Crippen LogP contribution in [0.2, 0.25) is 0 Å². The first-order chi connectivity index (χ1) is 17.0. The van der Waals surface area contributed by atoms with Crippen LogP contribution in [-0.2, 0) is 17.9 Å². The highest BCUT2D eigenvalue weighted by atomic mass is 19.1. The molecule has 0 spiro atoms. The molecule has 1 amide bonds. The Balaban J connectivity index is 1.42. The van der Waals surface area contributed by atoms with Crippen molar-refractivity contribution in [1.29, 1.82) is 0 Å². The first kappa shape index (κ1) is 22.5. The van der Waals surface area contributed by atoms with Gasteiger partial charge in [-0.2, -0.15) is 0 Å². The molecule has 178 valence electrons. The molecule has 1 aliphatic rings. The maximum Gasteiger partial charge on any atom is 0.332 e. The Morgan fingerprint density at radius 1 is 0.857 bits per heavy atom. The number of nitrogens with zero attached hydrogens (tertiary/aromatic N) is 5. The van der Waals surface area contributed by atoms with Crippen LogP contribution in [0.5, 0.6) is 0 Å². The monoisotopic (exact) mass is 473 g/mol. The third kappa shape index (κ3) is 4.57. The summed E-state index contributed by atoms with van der Waals surface area (Å²) in [6, 6.07) is 18.9. The van der Waals surface area contributed by atoms with E-state index in [2.05, 4.69) is 9.88 Å². The molecule has 35 heavy (non-hydrogen) atoms. The molecule has 3 heterocycles. The van der Waals surface area contributed by atoms with E-state index in [0.717, 1.165) is 10.3 Å². The lowest BCUT2D eigenvalue weighted by Gasteiger charge is -2.36. The van der Waals surface area contributed by atoms with Crippen molar-refractivity contribution in [3.05, 3.63) is 105 Å². The number of carbonyl (C=O) groups is 1. The molecule has 0 saturated carbocycles. The minimum Gasteiger partial charge on any atom is -0.368 e. The molecule has 4 aromatic rings. The van der Waals surface area contributed by atoms with E-state index in [-0.39, 0.29) is 24.5 Å². The highest BCUT2D eigenvalue weighted by molar-refractivity contribution is 5.80. The molecule has 5 rings (SSSR count). The van der Waals surface area contributed by atoms with E-state index in [1.807, 2.05) is 30.3 Å². The minimum absolute atomic E-state index is 0.0472. The van der Waals surface area contributed by atoms with Crippen molar-refractivity contribution in [2.75, 3.05) is 31.1 Å². The van der Waals surface area contributed by atoms with Gasteiger partial charge in [-0.3, -0.25) is 18.7 Å². The van der Waals surface area contributed by atoms with Crippen LogP contribution in [-0.4, -0.2) is 51.1 Å². The van der Waals surface area contributed by atoms with Crippen molar-refractivity contribution < 1.29 is 9.18 Å². The fourth-order valence-electron chi connectivity index (χ4n) is 4.40. The number of fused-ring (bicyclic) bond motifs is 1. The maximum atomic E-state index is 13.4. The van der Waals surface area contributed by atoms with Crippen LogP contribution in [0.25, 0.3) is 11.0 Å². The van der Waals surface area contributed by atoms with Crippen LogP contribution in [0.4, 0.5) is 10.1 Å². The van der Waals surface area contributed by atoms with Gasteiger partial charge in [0.25, 0.3) is 5.56 Å². The first-order valence-electron chi connectivity index (χ1n) is 11.4. The lowest BCUT2D eigenvalue weighted by Crippen LogP contribution is -2.51. The van der Waals surface area contributed by atoms with E-state index in [0.29, 0.717) is 37.3 Å². The van der Waals surface area contributed by atoms with Gasteiger partial charge in [0.15, 0.2) is 5.52 Å². The van der Waals surface area contributed by atoms with E-state index in [4.69, 9.17) is 0 Å². The van der Waals surface area contributed by atoms with Gasteiger partial charge in [-0.05, 0) is 42.0 Å². The molecule has 2 aromatic carbocycles. The summed E-state index contributed by atoms with van der Waals surface area (Å²) in [6.07, 6.45) is 1.48. The normalized spacial score (nSPS) is 13.9. The number of piperazine rings is 1. The van der Waals surface area contributed by atoms with Crippen molar-refractivity contribution >= 4 is 22.6 Å². The lowest BCUT2D eigenvalue weighted by molar-refractivity contribution is -0.132. The summed E-state index contributed by atoms with van der Waals surface area (Å²) >= 11 is 0. The van der Waals surface area contributed by atoms with E-state index in [9.17, 15) is 18.8 Å². The highest BCUT2D eigenvalue weighted by Gasteiger charge is 2.23. The van der Waals surface area contributed by atoms with Gasteiger partial charge in [0.1, 0.15) is 12.4 Å². The van der Waals surface area contributed by atoms with Crippen molar-refractivity contribution in [1.82, 2.24) is 19.0 Å². The van der Waals surface area contributed by atoms with Crippen LogP contribution in [0.1, 0.15) is 5.56 Å². The number of rotatable bonds is 5. The Morgan fingerprint density at radius 3 is 2.29 bits per heavy atom. The largest absolute Gasteiger partial charge is 0.368 e. The van der Waals surface area contributed by atoms with Gasteiger partial charge in [-0.15, -0.1) is 0 Å². The molecule has 0 N–H and O–H groups in total. The van der Waals surface area contributed by atoms with Gasteiger partial charge >= 0.3 is 5.69 Å². The zero-order valence-corrected chi connectivity index (χ0v) is 19.0. The number of carbonyl (C=O) groups excluding carboxylic acids is 1. The molecule has 0 aliphatic carbocycles. The molecule has 0 bridgehead atoms. The fourth-order valence-corrected chi connectivity index (χ4v) is 4.40. The number of benzene rings is 2. The summed E-state index contributed by atoms with van der Waals surface area (Å²) in [6.45, 7) is 2.21. The second-order valence-electron chi connectivity index (χ2n) is 8.46. The van der Waals surface area contributed by atoms with Gasteiger partial charge < -0.3 is 9.80 Å². The Labute approximate surface area is 200 Å². The molecular weight excluding hydrogens is 449 g/mol. The molecular formula is C26H24FN5O3. The average molecular weight is 474 g/mol. The van der Waals surface area contributed by atoms with Gasteiger partial charge in [-0.25, -0.2) is 14.2 Å². The van der Waals surface area contributed by atoms with E-state index in [1.54, 1.807) is 17.0 Å². The van der Waals surface area contributed by atoms with Crippen molar-refractivity contribution in [3.8, 4) is 0 Å². The number of para-hydroxylation sites is 1. The number of hydrogen-bond donors (Lipinski definition) is 0. The van der Waals surface area contributed by atoms with Gasteiger partial charge in [-0.1, -0.05) is 30.3 Å². The second-order valence-corrected chi connectivity index (χ2v) is 8.46. The predicted molar refractivity (Wildman–Crippen MR) is 131 cm³/mol. The molecule has 9 heteroatoms. The van der Waals surface area contributed by atoms with Gasteiger partial charge in [0, 0.05) is 38.1 Å². The number of amides is 1. The van der Waals surface area contributed by atoms with Gasteiger partial charge in [0.2, 0.25) is 5.91 Å². The summed E-state index contributed by atoms with van der Waals surface area (Å²) in [5.41, 5.74) is 0.979. The summed E-state index contributed by atoms with van der Waals surface area (Å²) < 4.78 is 15.7. The van der Waals surface area contributed by atoms with E-state index < -0.39 is 17.1 Å². The fraction of sp³-hybridized carbons (Fsp3) is 0.231. The molecule has 0 atom stereocenters. The summed E-state index contributed by atoms with van der Waals surface area (Å²) in [4.78, 5) is 47.8. The quantitative estimate of drug-likeness (QED) is 0.444. The highest BCUT2D eigenvalue weighted by Crippen LogP contribution is 2.16. The zero-order chi connectivity index (χ0) is 24.4. The molecule has 1 aliphatic heterocycles. The molecule has 0 radical (unpaired) electrons. The first-order valence-corrected chi connectivity index (χ1v) is 11.4. The van der Waals surface area contributed by atoms with Crippen LogP contribution < -0.4 is 16.1 Å². The molecule has 0 unspecified atom stereocenters. The minimum atomic E-state index is -0.601. The van der Waals surface area contributed by atoms with Crippen LogP contribution in [0.3, 0.4) is 0 Å². The summed E-state index contributed by atoms with van der Waals surface area (Å²) in [5, 5.41) is 0. The smallest absolute Gasteiger partial charge is 0.332 e. The van der Waals surface area contributed by atoms with Gasteiger partial charge in [0.05, 0.1) is 12.1 Å². The van der Waals surface area contributed by atoms with Crippen LogP contribution in [0.15, 0.2) is 82.5 Å². The molecule has 1 fully saturated rings. The Bertz CT molecular complexity index is 1470. The topological polar surface area (TPSA) is 80.4 Å². The third-order valence-electron chi connectivity index (χ3n) is 6.29. The zero-order valence-electron chi connectivity index (χ0n) is 19.0. The van der Waals surface area contributed by atoms with E-state index >= 15 is 0 Å². The Morgan fingerprint density at radius 2 is 1.57 bits per heavy atom. The number of halogens is 1.